The van der Waals surface area contributed by atoms with Crippen LogP contribution in [0.25, 0.3) is 0 Å². The highest BCUT2D eigenvalue weighted by Crippen LogP contribution is 2.68. The second-order valence-electron chi connectivity index (χ2n) is 12.6. The third kappa shape index (κ3) is 4.77. The molecule has 35 heavy (non-hydrogen) atoms. The molecule has 4 N–H and O–H groups in total. The predicted molar refractivity (Wildman–Crippen MR) is 132 cm³/mol. The fraction of sp³-hybridized carbons (Fsp3) is 0.929. The second-order valence-corrected chi connectivity index (χ2v) is 12.6. The zero-order chi connectivity index (χ0) is 25.5. The van der Waals surface area contributed by atoms with Gasteiger partial charge in [0.2, 0.25) is 5.91 Å². The summed E-state index contributed by atoms with van der Waals surface area (Å²) in [5.74, 6) is 1.09. The number of aliphatic hydroxyl groups is 3. The van der Waals surface area contributed by atoms with Gasteiger partial charge in [-0.25, -0.2) is 0 Å². The first-order chi connectivity index (χ1) is 16.5. The Morgan fingerprint density at radius 1 is 1.06 bits per heavy atom. The molecular formula is C28H47NO6. The van der Waals surface area contributed by atoms with E-state index in [9.17, 15) is 24.9 Å². The molecule has 4 rings (SSSR count). The van der Waals surface area contributed by atoms with Crippen LogP contribution in [0.5, 0.6) is 0 Å². The molecule has 0 spiro atoms. The number of amides is 1. The molecule has 0 saturated heterocycles. The van der Waals surface area contributed by atoms with Crippen molar-refractivity contribution in [2.24, 2.45) is 46.3 Å². The van der Waals surface area contributed by atoms with Crippen LogP contribution in [0.15, 0.2) is 0 Å². The van der Waals surface area contributed by atoms with Crippen LogP contribution in [0.4, 0.5) is 0 Å². The molecule has 4 fully saturated rings. The Hall–Kier alpha value is -1.18. The van der Waals surface area contributed by atoms with E-state index in [0.717, 1.165) is 44.9 Å². The molecule has 0 aliphatic heterocycles. The van der Waals surface area contributed by atoms with E-state index < -0.39 is 12.1 Å². The summed E-state index contributed by atoms with van der Waals surface area (Å²) in [4.78, 5) is 23.8. The van der Waals surface area contributed by atoms with Gasteiger partial charge >= 0.3 is 5.97 Å². The molecule has 5 unspecified atom stereocenters. The quantitative estimate of drug-likeness (QED) is 0.405. The highest BCUT2D eigenvalue weighted by Gasteiger charge is 2.65. The number of nitrogens with one attached hydrogen (secondary N) is 1. The van der Waals surface area contributed by atoms with Crippen molar-refractivity contribution in [3.63, 3.8) is 0 Å². The number of carbonyl (C=O) groups excluding carboxylic acids is 2. The molecule has 4 aliphatic carbocycles. The zero-order valence-electron chi connectivity index (χ0n) is 22.0. The lowest BCUT2D eigenvalue weighted by Crippen LogP contribution is -2.62. The van der Waals surface area contributed by atoms with Crippen molar-refractivity contribution in [3.05, 3.63) is 0 Å². The molecule has 4 aliphatic rings. The van der Waals surface area contributed by atoms with Crippen LogP contribution in [0.2, 0.25) is 0 Å². The van der Waals surface area contributed by atoms with Gasteiger partial charge in [0, 0.05) is 6.42 Å². The summed E-state index contributed by atoms with van der Waals surface area (Å²) < 4.78 is 4.87. The standard InChI is InChI=1S/C28H47NO6/c1-5-35-25(34)15-29-24(33)9-6-16(2)19-7-8-20-26-21(14-23(32)28(19,20)4)27(3)11-10-18(30)12-17(27)13-22(26)31/h16-23,26,30-32H,5-15H2,1-4H3,(H,29,33)/t16-,17?,18-,19-,20?,21?,22?,23+,26?,27+,28-/m1/s1. The van der Waals surface area contributed by atoms with Gasteiger partial charge in [-0.2, -0.15) is 0 Å². The van der Waals surface area contributed by atoms with Crippen molar-refractivity contribution in [2.45, 2.75) is 104 Å². The summed E-state index contributed by atoms with van der Waals surface area (Å²) in [5, 5.41) is 36.0. The van der Waals surface area contributed by atoms with Crippen LogP contribution in [-0.4, -0.2) is 58.7 Å². The highest BCUT2D eigenvalue weighted by molar-refractivity contribution is 5.81. The van der Waals surface area contributed by atoms with Crippen molar-refractivity contribution >= 4 is 11.9 Å². The molecule has 0 radical (unpaired) electrons. The van der Waals surface area contributed by atoms with Gasteiger partial charge in [0.05, 0.1) is 24.9 Å². The largest absolute Gasteiger partial charge is 0.465 e. The van der Waals surface area contributed by atoms with Gasteiger partial charge in [0.15, 0.2) is 0 Å². The molecular weight excluding hydrogens is 446 g/mol. The van der Waals surface area contributed by atoms with Gasteiger partial charge in [0.1, 0.15) is 6.54 Å². The average molecular weight is 494 g/mol. The maximum Gasteiger partial charge on any atom is 0.325 e. The first kappa shape index (κ1) is 26.9. The minimum absolute atomic E-state index is 0.0755. The van der Waals surface area contributed by atoms with E-state index in [1.807, 2.05) is 0 Å². The van der Waals surface area contributed by atoms with E-state index >= 15 is 0 Å². The van der Waals surface area contributed by atoms with E-state index in [4.69, 9.17) is 4.74 Å². The Kier molecular flexibility index (Phi) is 7.90. The van der Waals surface area contributed by atoms with Gasteiger partial charge in [-0.1, -0.05) is 20.8 Å². The van der Waals surface area contributed by atoms with Crippen molar-refractivity contribution in [1.29, 1.82) is 0 Å². The number of aliphatic hydroxyl groups excluding tert-OH is 3. The van der Waals surface area contributed by atoms with Crippen molar-refractivity contribution in [1.82, 2.24) is 5.32 Å². The lowest BCUT2D eigenvalue weighted by Gasteiger charge is -2.63. The molecule has 4 saturated carbocycles. The minimum Gasteiger partial charge on any atom is -0.465 e. The van der Waals surface area contributed by atoms with Crippen LogP contribution in [0.3, 0.4) is 0 Å². The molecule has 0 aromatic rings. The number of ether oxygens (including phenoxy) is 1. The first-order valence-electron chi connectivity index (χ1n) is 14.0. The van der Waals surface area contributed by atoms with Crippen LogP contribution in [0, 0.1) is 46.3 Å². The first-order valence-corrected chi connectivity index (χ1v) is 14.0. The normalized spacial score (nSPS) is 45.6. The van der Waals surface area contributed by atoms with Gasteiger partial charge in [-0.05, 0) is 105 Å². The molecule has 7 heteroatoms. The van der Waals surface area contributed by atoms with E-state index in [1.54, 1.807) is 6.92 Å². The van der Waals surface area contributed by atoms with Crippen LogP contribution < -0.4 is 5.32 Å². The monoisotopic (exact) mass is 493 g/mol. The number of hydrogen-bond donors (Lipinski definition) is 4. The minimum atomic E-state index is -0.422. The van der Waals surface area contributed by atoms with Crippen LogP contribution in [-0.2, 0) is 14.3 Å². The van der Waals surface area contributed by atoms with Gasteiger partial charge in [0.25, 0.3) is 0 Å². The fourth-order valence-corrected chi connectivity index (χ4v) is 9.16. The predicted octanol–water partition coefficient (Wildman–Crippen LogP) is 3.04. The van der Waals surface area contributed by atoms with Crippen LogP contribution >= 0.6 is 0 Å². The molecule has 7 nitrogen and oxygen atoms in total. The lowest BCUT2D eigenvalue weighted by molar-refractivity contribution is -0.207. The Morgan fingerprint density at radius 3 is 2.51 bits per heavy atom. The third-order valence-electron chi connectivity index (χ3n) is 11.1. The lowest BCUT2D eigenvalue weighted by atomic mass is 9.43. The molecule has 0 heterocycles. The number of carbonyl (C=O) groups is 2. The highest BCUT2D eigenvalue weighted by atomic mass is 16.5. The van der Waals surface area contributed by atoms with E-state index in [-0.39, 0.29) is 53.2 Å². The maximum absolute atomic E-state index is 12.3. The maximum atomic E-state index is 12.3. The molecule has 0 aromatic carbocycles. The Labute approximate surface area is 210 Å². The summed E-state index contributed by atoms with van der Waals surface area (Å²) in [6.45, 7) is 8.72. The van der Waals surface area contributed by atoms with Gasteiger partial charge in [-0.15, -0.1) is 0 Å². The third-order valence-corrected chi connectivity index (χ3v) is 11.1. The summed E-state index contributed by atoms with van der Waals surface area (Å²) in [7, 11) is 0. The number of hydrogen-bond acceptors (Lipinski definition) is 6. The summed E-state index contributed by atoms with van der Waals surface area (Å²) in [6, 6.07) is 0. The molecule has 0 aromatic heterocycles. The smallest absolute Gasteiger partial charge is 0.325 e. The summed E-state index contributed by atoms with van der Waals surface area (Å²) in [6.07, 6.45) is 6.09. The number of esters is 1. The van der Waals surface area contributed by atoms with E-state index in [2.05, 4.69) is 26.1 Å². The van der Waals surface area contributed by atoms with Crippen LogP contribution in [0.1, 0.15) is 85.5 Å². The second kappa shape index (κ2) is 10.3. The van der Waals surface area contributed by atoms with E-state index in [0.29, 0.717) is 37.2 Å². The SMILES string of the molecule is CCOC(=O)CNC(=O)CC[C@@H](C)[C@H]1CCC2C3C(O)CC4C[C@H](O)CC[C@]4(C)C3C[C@H](O)[C@@]21C. The fourth-order valence-electron chi connectivity index (χ4n) is 9.16. The van der Waals surface area contributed by atoms with Crippen molar-refractivity contribution in [2.75, 3.05) is 13.2 Å². The van der Waals surface area contributed by atoms with Gasteiger partial charge < -0.3 is 25.4 Å². The summed E-state index contributed by atoms with van der Waals surface area (Å²) >= 11 is 0. The van der Waals surface area contributed by atoms with E-state index in [1.165, 1.54) is 0 Å². The van der Waals surface area contributed by atoms with Gasteiger partial charge in [-0.3, -0.25) is 9.59 Å². The van der Waals surface area contributed by atoms with Crippen molar-refractivity contribution < 1.29 is 29.6 Å². The Balaban J connectivity index is 1.43. The molecule has 1 amide bonds. The molecule has 11 atom stereocenters. The average Bonchev–Trinajstić information content (AvgIpc) is 3.16. The number of rotatable bonds is 7. The Bertz CT molecular complexity index is 789. The molecule has 200 valence electrons. The molecule has 0 bridgehead atoms. The summed E-state index contributed by atoms with van der Waals surface area (Å²) in [5.41, 5.74) is -0.188. The van der Waals surface area contributed by atoms with Crippen molar-refractivity contribution in [3.8, 4) is 0 Å². The zero-order valence-corrected chi connectivity index (χ0v) is 22.0. The topological polar surface area (TPSA) is 116 Å². The Morgan fingerprint density at radius 2 is 1.80 bits per heavy atom. The number of fused-ring (bicyclic) bond motifs is 5.